The standard InChI is InChI=1S/C41H43FN4O/c1-24(2)40-39(38-27(6)11-10-12-28(38)7)41(25(3)4)46(44-40)30-19-26(5)20-32(22-30)47-31-15-16-34-33-13-8-9-14-35(33)45(36(34)23-31)37-21-29(42)17-18-43-37/h8-9,11,13-25,28,38H,10,12H2,1-7H3/t28-,38+/m0/s1. The minimum atomic E-state index is -0.326. The van der Waals surface area contributed by atoms with Crippen molar-refractivity contribution < 1.29 is 9.13 Å². The van der Waals surface area contributed by atoms with Gasteiger partial charge in [0.05, 0.1) is 28.1 Å². The molecule has 7 rings (SSSR count). The lowest BCUT2D eigenvalue weighted by Crippen LogP contribution is -2.18. The first kappa shape index (κ1) is 30.9. The molecular weight excluding hydrogens is 583 g/mol. The highest BCUT2D eigenvalue weighted by molar-refractivity contribution is 6.09. The number of allylic oxidation sites excluding steroid dienone is 2. The van der Waals surface area contributed by atoms with E-state index in [0.717, 1.165) is 45.2 Å². The van der Waals surface area contributed by atoms with Crippen LogP contribution in [0.2, 0.25) is 0 Å². The average molecular weight is 627 g/mol. The van der Waals surface area contributed by atoms with Crippen LogP contribution in [0.3, 0.4) is 0 Å². The molecule has 3 heterocycles. The van der Waals surface area contributed by atoms with Gasteiger partial charge in [-0.15, -0.1) is 0 Å². The molecule has 0 spiro atoms. The molecule has 47 heavy (non-hydrogen) atoms. The molecule has 6 aromatic rings. The maximum Gasteiger partial charge on any atom is 0.140 e. The van der Waals surface area contributed by atoms with Gasteiger partial charge >= 0.3 is 0 Å². The first-order valence-corrected chi connectivity index (χ1v) is 16.8. The molecule has 2 atom stereocenters. The minimum Gasteiger partial charge on any atom is -0.457 e. The van der Waals surface area contributed by atoms with E-state index >= 15 is 0 Å². The summed E-state index contributed by atoms with van der Waals surface area (Å²) in [5.74, 6) is 3.17. The summed E-state index contributed by atoms with van der Waals surface area (Å²) in [7, 11) is 0. The Balaban J connectivity index is 1.34. The van der Waals surface area contributed by atoms with Crippen molar-refractivity contribution in [3.8, 4) is 23.0 Å². The molecule has 0 bridgehead atoms. The van der Waals surface area contributed by atoms with E-state index in [1.165, 1.54) is 47.3 Å². The van der Waals surface area contributed by atoms with E-state index in [4.69, 9.17) is 9.84 Å². The highest BCUT2D eigenvalue weighted by atomic mass is 19.1. The Kier molecular flexibility index (Phi) is 7.99. The number of rotatable bonds is 7. The molecular formula is C41H43FN4O. The van der Waals surface area contributed by atoms with Crippen molar-refractivity contribution in [2.45, 2.75) is 79.1 Å². The SMILES string of the molecule is CC1=CCC[C@H](C)[C@@H]1c1c(C(C)C)nn(-c2cc(C)cc(Oc3ccc4c5ccccc5n(-c5cc(F)ccn5)c4c3)c2)c1C(C)C. The number of pyridine rings is 1. The van der Waals surface area contributed by atoms with Gasteiger partial charge in [-0.1, -0.05) is 64.5 Å². The predicted molar refractivity (Wildman–Crippen MR) is 190 cm³/mol. The molecule has 240 valence electrons. The van der Waals surface area contributed by atoms with Crippen LogP contribution in [0.4, 0.5) is 4.39 Å². The number of hydrogen-bond donors (Lipinski definition) is 0. The molecule has 0 aliphatic heterocycles. The van der Waals surface area contributed by atoms with Crippen molar-refractivity contribution in [1.82, 2.24) is 19.3 Å². The highest BCUT2D eigenvalue weighted by Crippen LogP contribution is 2.45. The zero-order chi connectivity index (χ0) is 33.0. The number of fused-ring (bicyclic) bond motifs is 3. The van der Waals surface area contributed by atoms with Crippen LogP contribution < -0.4 is 4.74 Å². The van der Waals surface area contributed by atoms with E-state index in [1.807, 2.05) is 34.9 Å². The van der Waals surface area contributed by atoms with Gasteiger partial charge in [-0.05, 0) is 86.4 Å². The molecule has 1 aliphatic rings. The van der Waals surface area contributed by atoms with Gasteiger partial charge in [0.2, 0.25) is 0 Å². The topological polar surface area (TPSA) is 44.9 Å². The number of para-hydroxylation sites is 1. The molecule has 1 aliphatic carbocycles. The second kappa shape index (κ2) is 12.1. The number of nitrogens with zero attached hydrogens (tertiary/aromatic N) is 4. The zero-order valence-corrected chi connectivity index (χ0v) is 28.4. The monoisotopic (exact) mass is 626 g/mol. The third-order valence-electron chi connectivity index (χ3n) is 9.64. The molecule has 0 saturated carbocycles. The lowest BCUT2D eigenvalue weighted by molar-refractivity contribution is 0.443. The van der Waals surface area contributed by atoms with Gasteiger partial charge in [-0.3, -0.25) is 4.57 Å². The lowest BCUT2D eigenvalue weighted by Gasteiger charge is -2.31. The highest BCUT2D eigenvalue weighted by Gasteiger charge is 2.33. The lowest BCUT2D eigenvalue weighted by atomic mass is 9.73. The van der Waals surface area contributed by atoms with Crippen molar-refractivity contribution in [3.05, 3.63) is 119 Å². The number of benzene rings is 3. The van der Waals surface area contributed by atoms with Crippen molar-refractivity contribution in [3.63, 3.8) is 0 Å². The maximum atomic E-state index is 14.3. The Morgan fingerprint density at radius 2 is 1.64 bits per heavy atom. The first-order valence-electron chi connectivity index (χ1n) is 16.8. The first-order chi connectivity index (χ1) is 22.6. The third kappa shape index (κ3) is 5.54. The quantitative estimate of drug-likeness (QED) is 0.166. The summed E-state index contributed by atoms with van der Waals surface area (Å²) >= 11 is 0. The zero-order valence-electron chi connectivity index (χ0n) is 28.4. The van der Waals surface area contributed by atoms with Crippen LogP contribution >= 0.6 is 0 Å². The molecule has 0 saturated heterocycles. The molecule has 0 amide bonds. The molecule has 3 aromatic heterocycles. The number of halogens is 1. The molecule has 0 unspecified atom stereocenters. The van der Waals surface area contributed by atoms with E-state index in [-0.39, 0.29) is 11.7 Å². The van der Waals surface area contributed by atoms with E-state index in [2.05, 4.69) is 94.5 Å². The van der Waals surface area contributed by atoms with Crippen molar-refractivity contribution in [2.24, 2.45) is 5.92 Å². The Morgan fingerprint density at radius 1 is 0.851 bits per heavy atom. The normalized spacial score (nSPS) is 16.9. The summed E-state index contributed by atoms with van der Waals surface area (Å²) in [4.78, 5) is 4.51. The Hall–Kier alpha value is -4.71. The molecule has 0 N–H and O–H groups in total. The minimum absolute atomic E-state index is 0.289. The molecule has 6 heteroatoms. The summed E-state index contributed by atoms with van der Waals surface area (Å²) in [5, 5.41) is 7.47. The molecule has 3 aromatic carbocycles. The average Bonchev–Trinajstić information content (AvgIpc) is 3.58. The largest absolute Gasteiger partial charge is 0.457 e. The third-order valence-corrected chi connectivity index (χ3v) is 9.64. The van der Waals surface area contributed by atoms with Crippen molar-refractivity contribution in [2.75, 3.05) is 0 Å². The molecule has 5 nitrogen and oxygen atoms in total. The second-order valence-electron chi connectivity index (χ2n) is 13.9. The van der Waals surface area contributed by atoms with Crippen molar-refractivity contribution in [1.29, 1.82) is 0 Å². The fourth-order valence-electron chi connectivity index (χ4n) is 7.61. The van der Waals surface area contributed by atoms with E-state index in [0.29, 0.717) is 29.3 Å². The van der Waals surface area contributed by atoms with Crippen LogP contribution in [-0.4, -0.2) is 19.3 Å². The van der Waals surface area contributed by atoms with Gasteiger partial charge in [0.25, 0.3) is 0 Å². The number of aromatic nitrogens is 4. The summed E-state index contributed by atoms with van der Waals surface area (Å²) in [5.41, 5.74) is 9.30. The summed E-state index contributed by atoms with van der Waals surface area (Å²) in [6, 6.07) is 23.4. The fourth-order valence-corrected chi connectivity index (χ4v) is 7.61. The van der Waals surface area contributed by atoms with Crippen LogP contribution in [0.1, 0.15) is 94.7 Å². The van der Waals surface area contributed by atoms with Crippen molar-refractivity contribution >= 4 is 21.8 Å². The van der Waals surface area contributed by atoms with Gasteiger partial charge in [0.1, 0.15) is 23.1 Å². The van der Waals surface area contributed by atoms with E-state index < -0.39 is 0 Å². The van der Waals surface area contributed by atoms with Crippen LogP contribution in [0.15, 0.2) is 90.6 Å². The van der Waals surface area contributed by atoms with Crippen LogP contribution in [0, 0.1) is 18.7 Å². The van der Waals surface area contributed by atoms with Crippen LogP contribution in [-0.2, 0) is 0 Å². The number of hydrogen-bond acceptors (Lipinski definition) is 3. The summed E-state index contributed by atoms with van der Waals surface area (Å²) in [6.07, 6.45) is 6.28. The van der Waals surface area contributed by atoms with Gasteiger partial charge < -0.3 is 4.74 Å². The predicted octanol–water partition coefficient (Wildman–Crippen LogP) is 11.3. The van der Waals surface area contributed by atoms with Gasteiger partial charge in [-0.25, -0.2) is 14.1 Å². The Morgan fingerprint density at radius 3 is 2.38 bits per heavy atom. The molecule has 0 fully saturated rings. The summed E-state index contributed by atoms with van der Waals surface area (Å²) in [6.45, 7) is 15.9. The number of ether oxygens (including phenoxy) is 1. The smallest absolute Gasteiger partial charge is 0.140 e. The van der Waals surface area contributed by atoms with Gasteiger partial charge in [0, 0.05) is 46.6 Å². The Labute approximate surface area is 276 Å². The molecule has 0 radical (unpaired) electrons. The van der Waals surface area contributed by atoms with Gasteiger partial charge in [-0.2, -0.15) is 5.10 Å². The van der Waals surface area contributed by atoms with E-state index in [1.54, 1.807) is 0 Å². The summed E-state index contributed by atoms with van der Waals surface area (Å²) < 4.78 is 25.1. The Bertz CT molecular complexity index is 2150. The van der Waals surface area contributed by atoms with E-state index in [9.17, 15) is 4.39 Å². The second-order valence-corrected chi connectivity index (χ2v) is 13.9. The fraction of sp³-hybridized carbons (Fsp3) is 0.317. The maximum absolute atomic E-state index is 14.3. The van der Waals surface area contributed by atoms with Gasteiger partial charge in [0.15, 0.2) is 0 Å². The number of aryl methyl sites for hydroxylation is 1. The van der Waals surface area contributed by atoms with Crippen LogP contribution in [0.25, 0.3) is 33.3 Å². The van der Waals surface area contributed by atoms with Crippen LogP contribution in [0.5, 0.6) is 11.5 Å².